The van der Waals surface area contributed by atoms with Crippen molar-refractivity contribution < 1.29 is 13.9 Å². The molecular weight excluding hydrogens is 316 g/mol. The molecule has 3 rings (SSSR count). The molecule has 0 unspecified atom stereocenters. The Labute approximate surface area is 136 Å². The number of benzene rings is 2. The Morgan fingerprint density at radius 1 is 1.09 bits per heavy atom. The van der Waals surface area contributed by atoms with E-state index in [1.54, 1.807) is 42.5 Å². The molecule has 1 heterocycles. The van der Waals surface area contributed by atoms with Crippen LogP contribution in [0.1, 0.15) is 5.56 Å². The van der Waals surface area contributed by atoms with Crippen LogP contribution in [0, 0.1) is 0 Å². The number of carbonyl (C=O) groups is 1. The fraction of sp³-hybridized carbons (Fsp3) is 0. The molecule has 0 N–H and O–H groups in total. The lowest BCUT2D eigenvalue weighted by molar-refractivity contribution is -0.128. The fourth-order valence-electron chi connectivity index (χ4n) is 2.03. The van der Waals surface area contributed by atoms with Crippen molar-refractivity contribution in [2.45, 2.75) is 0 Å². The lowest BCUT2D eigenvalue weighted by Crippen LogP contribution is -2.03. The Bertz CT molecular complexity index is 956. The summed E-state index contributed by atoms with van der Waals surface area (Å²) in [5.41, 5.74) is 0.697. The van der Waals surface area contributed by atoms with Gasteiger partial charge in [0.2, 0.25) is 0 Å². The molecule has 2 aromatic carbocycles. The topological polar surface area (TPSA) is 56.5 Å². The lowest BCUT2D eigenvalue weighted by atomic mass is 10.2. The van der Waals surface area contributed by atoms with Crippen molar-refractivity contribution in [3.63, 3.8) is 0 Å². The minimum absolute atomic E-state index is 0.299. The van der Waals surface area contributed by atoms with E-state index in [9.17, 15) is 9.59 Å². The first-order valence-electron chi connectivity index (χ1n) is 6.79. The van der Waals surface area contributed by atoms with Crippen molar-refractivity contribution in [1.82, 2.24) is 0 Å². The first-order chi connectivity index (χ1) is 11.1. The second-order valence-corrected chi connectivity index (χ2v) is 5.20. The number of hydrogen-bond acceptors (Lipinski definition) is 4. The number of esters is 1. The molecule has 0 amide bonds. The summed E-state index contributed by atoms with van der Waals surface area (Å²) in [4.78, 5) is 23.0. The molecule has 1 aromatic heterocycles. The van der Waals surface area contributed by atoms with E-state index in [-0.39, 0.29) is 0 Å². The van der Waals surface area contributed by atoms with Gasteiger partial charge in [0, 0.05) is 28.6 Å². The minimum Gasteiger partial charge on any atom is -0.423 e. The highest BCUT2D eigenvalue weighted by molar-refractivity contribution is 6.30. The number of ether oxygens (including phenoxy) is 1. The van der Waals surface area contributed by atoms with Crippen LogP contribution in [0.4, 0.5) is 0 Å². The number of carbonyl (C=O) groups excluding carboxylic acids is 1. The SMILES string of the molecule is O=C(/C=C/c1cccc(Cl)c1)Oc1ccc2ccc(=O)oc2c1. The normalized spacial score (nSPS) is 11.0. The van der Waals surface area contributed by atoms with Crippen LogP contribution in [0.2, 0.25) is 5.02 Å². The Morgan fingerprint density at radius 3 is 2.74 bits per heavy atom. The first-order valence-corrected chi connectivity index (χ1v) is 7.17. The first kappa shape index (κ1) is 15.1. The smallest absolute Gasteiger partial charge is 0.336 e. The van der Waals surface area contributed by atoms with Gasteiger partial charge in [0.05, 0.1) is 0 Å². The molecule has 0 saturated heterocycles. The zero-order valence-corrected chi connectivity index (χ0v) is 12.6. The van der Waals surface area contributed by atoms with E-state index in [2.05, 4.69) is 0 Å². The van der Waals surface area contributed by atoms with Crippen LogP contribution in [-0.4, -0.2) is 5.97 Å². The zero-order valence-electron chi connectivity index (χ0n) is 11.9. The Hall–Kier alpha value is -2.85. The van der Waals surface area contributed by atoms with Crippen molar-refractivity contribution in [3.05, 3.63) is 81.7 Å². The van der Waals surface area contributed by atoms with Crippen molar-refractivity contribution in [2.75, 3.05) is 0 Å². The number of fused-ring (bicyclic) bond motifs is 1. The van der Waals surface area contributed by atoms with Gasteiger partial charge in [0.25, 0.3) is 0 Å². The minimum atomic E-state index is -0.539. The van der Waals surface area contributed by atoms with Crippen molar-refractivity contribution in [2.24, 2.45) is 0 Å². The van der Waals surface area contributed by atoms with E-state index in [4.69, 9.17) is 20.8 Å². The standard InChI is InChI=1S/C18H11ClO4/c19-14-3-1-2-12(10-14)4-8-17(20)22-15-7-5-13-6-9-18(21)23-16(13)11-15/h1-11H/b8-4+. The van der Waals surface area contributed by atoms with Crippen LogP contribution in [0.5, 0.6) is 5.75 Å². The van der Waals surface area contributed by atoms with E-state index in [1.807, 2.05) is 6.07 Å². The molecule has 0 spiro atoms. The maximum absolute atomic E-state index is 11.8. The summed E-state index contributed by atoms with van der Waals surface area (Å²) in [5, 5.41) is 1.34. The van der Waals surface area contributed by atoms with Gasteiger partial charge in [0.1, 0.15) is 11.3 Å². The monoisotopic (exact) mass is 326 g/mol. The molecule has 0 fully saturated rings. The summed E-state index contributed by atoms with van der Waals surface area (Å²) in [6, 6.07) is 14.9. The van der Waals surface area contributed by atoms with Gasteiger partial charge in [-0.2, -0.15) is 0 Å². The highest BCUT2D eigenvalue weighted by atomic mass is 35.5. The van der Waals surface area contributed by atoms with Gasteiger partial charge in [-0.1, -0.05) is 23.7 Å². The van der Waals surface area contributed by atoms with E-state index < -0.39 is 11.6 Å². The van der Waals surface area contributed by atoms with Gasteiger partial charge in [-0.25, -0.2) is 9.59 Å². The average Bonchev–Trinajstić information content (AvgIpc) is 2.53. The van der Waals surface area contributed by atoms with Gasteiger partial charge < -0.3 is 9.15 Å². The zero-order chi connectivity index (χ0) is 16.2. The molecule has 0 bridgehead atoms. The second kappa shape index (κ2) is 6.50. The summed E-state index contributed by atoms with van der Waals surface area (Å²) in [6.45, 7) is 0. The number of rotatable bonds is 3. The highest BCUT2D eigenvalue weighted by Crippen LogP contribution is 2.20. The highest BCUT2D eigenvalue weighted by Gasteiger charge is 2.04. The summed E-state index contributed by atoms with van der Waals surface area (Å²) >= 11 is 5.87. The summed E-state index contributed by atoms with van der Waals surface area (Å²) in [5.74, 6) is -0.241. The predicted octanol–water partition coefficient (Wildman–Crippen LogP) is 4.07. The van der Waals surface area contributed by atoms with E-state index in [1.165, 1.54) is 18.2 Å². The fourth-order valence-corrected chi connectivity index (χ4v) is 2.23. The third-order valence-corrected chi connectivity index (χ3v) is 3.31. The lowest BCUT2D eigenvalue weighted by Gasteiger charge is -2.02. The maximum atomic E-state index is 11.8. The molecule has 4 nitrogen and oxygen atoms in total. The van der Waals surface area contributed by atoms with Gasteiger partial charge in [-0.3, -0.25) is 0 Å². The van der Waals surface area contributed by atoms with Crippen LogP contribution < -0.4 is 10.4 Å². The van der Waals surface area contributed by atoms with E-state index in [0.717, 1.165) is 10.9 Å². The van der Waals surface area contributed by atoms with Crippen LogP contribution >= 0.6 is 11.6 Å². The largest absolute Gasteiger partial charge is 0.423 e. The molecule has 0 aliphatic rings. The third kappa shape index (κ3) is 3.87. The summed E-state index contributed by atoms with van der Waals surface area (Å²) < 4.78 is 10.2. The van der Waals surface area contributed by atoms with Crippen LogP contribution in [-0.2, 0) is 4.79 Å². The van der Waals surface area contributed by atoms with Gasteiger partial charge in [-0.15, -0.1) is 0 Å². The molecule has 114 valence electrons. The average molecular weight is 327 g/mol. The molecule has 0 aliphatic heterocycles. The van der Waals surface area contributed by atoms with Crippen LogP contribution in [0.25, 0.3) is 17.0 Å². The summed E-state index contributed by atoms with van der Waals surface area (Å²) in [6.07, 6.45) is 2.91. The van der Waals surface area contributed by atoms with Crippen molar-refractivity contribution in [3.8, 4) is 5.75 Å². The number of halogens is 1. The van der Waals surface area contributed by atoms with Gasteiger partial charge in [0.15, 0.2) is 0 Å². The summed E-state index contributed by atoms with van der Waals surface area (Å²) in [7, 11) is 0. The Kier molecular flexibility index (Phi) is 4.26. The van der Waals surface area contributed by atoms with Crippen LogP contribution in [0.15, 0.2) is 69.9 Å². The molecule has 23 heavy (non-hydrogen) atoms. The van der Waals surface area contributed by atoms with E-state index in [0.29, 0.717) is 16.4 Å². The predicted molar refractivity (Wildman–Crippen MR) is 88.6 cm³/mol. The molecular formula is C18H11ClO4. The van der Waals surface area contributed by atoms with Gasteiger partial charge >= 0.3 is 11.6 Å². The van der Waals surface area contributed by atoms with Crippen molar-refractivity contribution in [1.29, 1.82) is 0 Å². The maximum Gasteiger partial charge on any atom is 0.336 e. The third-order valence-electron chi connectivity index (χ3n) is 3.07. The second-order valence-electron chi connectivity index (χ2n) is 4.76. The Morgan fingerprint density at radius 2 is 1.91 bits per heavy atom. The van der Waals surface area contributed by atoms with Gasteiger partial charge in [-0.05, 0) is 42.0 Å². The molecule has 0 saturated carbocycles. The van der Waals surface area contributed by atoms with E-state index >= 15 is 0 Å². The number of hydrogen-bond donors (Lipinski definition) is 0. The molecule has 0 radical (unpaired) electrons. The Balaban J connectivity index is 1.76. The molecule has 0 atom stereocenters. The molecule has 0 aliphatic carbocycles. The quantitative estimate of drug-likeness (QED) is 0.315. The molecule has 5 heteroatoms. The van der Waals surface area contributed by atoms with Crippen molar-refractivity contribution >= 4 is 34.6 Å². The molecule has 3 aromatic rings. The van der Waals surface area contributed by atoms with Crippen LogP contribution in [0.3, 0.4) is 0 Å².